The molecule has 0 saturated carbocycles. The van der Waals surface area contributed by atoms with Gasteiger partial charge in [-0.1, -0.05) is 124 Å². The fraction of sp³-hybridized carbons (Fsp3) is 0.867. The first-order valence-electron chi connectivity index (χ1n) is 13.5. The molecule has 0 aliphatic carbocycles. The van der Waals surface area contributed by atoms with Gasteiger partial charge in [-0.05, 0) is 68.1 Å². The van der Waals surface area contributed by atoms with E-state index in [2.05, 4.69) is 61.6 Å². The van der Waals surface area contributed by atoms with Gasteiger partial charge in [0.05, 0.1) is 0 Å². The number of allylic oxidation sites excluding steroid dienone is 2. The second-order valence-corrected chi connectivity index (χ2v) is 11.5. The third kappa shape index (κ3) is 18.3. The molecule has 0 saturated heterocycles. The molecule has 0 radical (unpaired) electrons. The van der Waals surface area contributed by atoms with Crippen LogP contribution in [0.5, 0.6) is 0 Å². The minimum absolute atomic E-state index is 0.646. The Hall–Kier alpha value is -0.520. The number of hydrogen-bond acceptors (Lipinski definition) is 0. The van der Waals surface area contributed by atoms with Crippen LogP contribution in [0.15, 0.2) is 24.3 Å². The van der Waals surface area contributed by atoms with Gasteiger partial charge in [0, 0.05) is 0 Å². The van der Waals surface area contributed by atoms with E-state index in [4.69, 9.17) is 0 Å². The van der Waals surface area contributed by atoms with Crippen molar-refractivity contribution in [3.63, 3.8) is 0 Å². The first-order chi connectivity index (χ1) is 14.1. The lowest BCUT2D eigenvalue weighted by atomic mass is 9.88. The molecule has 0 bridgehead atoms. The summed E-state index contributed by atoms with van der Waals surface area (Å²) in [4.78, 5) is 0. The summed E-state index contributed by atoms with van der Waals surface area (Å²) >= 11 is 0. The predicted molar refractivity (Wildman–Crippen MR) is 140 cm³/mol. The normalized spacial score (nSPS) is 14.8. The van der Waals surface area contributed by atoms with Crippen LogP contribution in [0.4, 0.5) is 0 Å². The van der Waals surface area contributed by atoms with Gasteiger partial charge in [-0.2, -0.15) is 0 Å². The summed E-state index contributed by atoms with van der Waals surface area (Å²) in [6.07, 6.45) is 18.6. The van der Waals surface area contributed by atoms with Gasteiger partial charge in [-0.15, -0.1) is 0 Å². The second kappa shape index (κ2) is 18.1. The summed E-state index contributed by atoms with van der Waals surface area (Å²) < 4.78 is 0. The Bertz CT molecular complexity index is 427. The van der Waals surface area contributed by atoms with E-state index in [0.29, 0.717) is 5.92 Å². The SMILES string of the molecule is C=C(CCCC(C)CCCC(C)C)CCC(C)C(=C)CCCC(C)CCCC(C)C. The van der Waals surface area contributed by atoms with Crippen molar-refractivity contribution in [1.29, 1.82) is 0 Å². The largest absolute Gasteiger partial charge is 0.0999 e. The molecule has 0 rings (SSSR count). The molecule has 0 amide bonds. The topological polar surface area (TPSA) is 0 Å². The van der Waals surface area contributed by atoms with Crippen molar-refractivity contribution >= 4 is 0 Å². The maximum Gasteiger partial charge on any atom is -0.0231 e. The van der Waals surface area contributed by atoms with Crippen LogP contribution in [-0.4, -0.2) is 0 Å². The van der Waals surface area contributed by atoms with Gasteiger partial charge in [0.1, 0.15) is 0 Å². The first-order valence-corrected chi connectivity index (χ1v) is 13.5. The fourth-order valence-electron chi connectivity index (χ4n) is 4.41. The van der Waals surface area contributed by atoms with Crippen LogP contribution < -0.4 is 0 Å². The molecular formula is C30H58. The molecule has 0 spiro atoms. The van der Waals surface area contributed by atoms with E-state index >= 15 is 0 Å². The third-order valence-electron chi connectivity index (χ3n) is 7.01. The van der Waals surface area contributed by atoms with Gasteiger partial charge in [-0.3, -0.25) is 0 Å². The zero-order valence-electron chi connectivity index (χ0n) is 22.2. The van der Waals surface area contributed by atoms with Crippen LogP contribution in [0.2, 0.25) is 0 Å². The van der Waals surface area contributed by atoms with Crippen molar-refractivity contribution < 1.29 is 0 Å². The second-order valence-electron chi connectivity index (χ2n) is 11.5. The Morgan fingerprint density at radius 3 is 1.40 bits per heavy atom. The summed E-state index contributed by atoms with van der Waals surface area (Å²) in [5, 5.41) is 0. The highest BCUT2D eigenvalue weighted by molar-refractivity contribution is 5.02. The van der Waals surface area contributed by atoms with Crippen LogP contribution in [0, 0.1) is 29.6 Å². The molecule has 178 valence electrons. The minimum atomic E-state index is 0.646. The molecule has 0 aromatic carbocycles. The summed E-state index contributed by atoms with van der Waals surface area (Å²) in [7, 11) is 0. The molecule has 0 aromatic heterocycles. The Morgan fingerprint density at radius 1 is 0.500 bits per heavy atom. The highest BCUT2D eigenvalue weighted by Gasteiger charge is 2.10. The zero-order valence-corrected chi connectivity index (χ0v) is 22.2. The molecule has 0 nitrogen and oxygen atoms in total. The average molecular weight is 419 g/mol. The molecule has 0 aliphatic rings. The standard InChI is InChI=1S/C30H58/c1-24(2)14-10-16-26(5)18-12-19-28(7)22-23-30(9)29(8)21-13-20-27(6)17-11-15-25(3)4/h24-27,30H,7-8,10-23H2,1-6,9H3. The van der Waals surface area contributed by atoms with Gasteiger partial charge < -0.3 is 0 Å². The van der Waals surface area contributed by atoms with Gasteiger partial charge in [0.25, 0.3) is 0 Å². The van der Waals surface area contributed by atoms with Crippen molar-refractivity contribution in [3.05, 3.63) is 24.3 Å². The van der Waals surface area contributed by atoms with E-state index in [-0.39, 0.29) is 0 Å². The van der Waals surface area contributed by atoms with Crippen LogP contribution >= 0.6 is 0 Å². The average Bonchev–Trinajstić information content (AvgIpc) is 2.65. The first kappa shape index (κ1) is 29.5. The van der Waals surface area contributed by atoms with Crippen molar-refractivity contribution in [2.24, 2.45) is 29.6 Å². The smallest absolute Gasteiger partial charge is 0.0231 e. The van der Waals surface area contributed by atoms with Gasteiger partial charge in [-0.25, -0.2) is 0 Å². The lowest BCUT2D eigenvalue weighted by molar-refractivity contribution is 0.422. The van der Waals surface area contributed by atoms with Crippen LogP contribution in [0.25, 0.3) is 0 Å². The van der Waals surface area contributed by atoms with Gasteiger partial charge in [0.15, 0.2) is 0 Å². The zero-order chi connectivity index (χ0) is 22.9. The van der Waals surface area contributed by atoms with Gasteiger partial charge in [0.2, 0.25) is 0 Å². The quantitative estimate of drug-likeness (QED) is 0.172. The number of rotatable bonds is 20. The molecule has 3 unspecified atom stereocenters. The van der Waals surface area contributed by atoms with Gasteiger partial charge >= 0.3 is 0 Å². The highest BCUT2D eigenvalue weighted by Crippen LogP contribution is 2.26. The molecular weight excluding hydrogens is 360 g/mol. The Morgan fingerprint density at radius 2 is 0.933 bits per heavy atom. The lowest BCUT2D eigenvalue weighted by Crippen LogP contribution is -2.02. The van der Waals surface area contributed by atoms with E-state index in [1.54, 1.807) is 0 Å². The Balaban J connectivity index is 3.78. The van der Waals surface area contributed by atoms with Crippen LogP contribution in [-0.2, 0) is 0 Å². The minimum Gasteiger partial charge on any atom is -0.0999 e. The molecule has 0 heterocycles. The molecule has 3 atom stereocenters. The molecule has 0 fully saturated rings. The van der Waals surface area contributed by atoms with Crippen molar-refractivity contribution in [2.45, 2.75) is 138 Å². The maximum atomic E-state index is 4.41. The van der Waals surface area contributed by atoms with Crippen LogP contribution in [0.3, 0.4) is 0 Å². The predicted octanol–water partition coefficient (Wildman–Crippen LogP) is 10.8. The fourth-order valence-corrected chi connectivity index (χ4v) is 4.41. The Labute approximate surface area is 192 Å². The summed E-state index contributed by atoms with van der Waals surface area (Å²) in [6.45, 7) is 25.3. The number of hydrogen-bond donors (Lipinski definition) is 0. The molecule has 0 aromatic rings. The molecule has 30 heavy (non-hydrogen) atoms. The van der Waals surface area contributed by atoms with E-state index in [1.807, 2.05) is 0 Å². The molecule has 0 heteroatoms. The monoisotopic (exact) mass is 418 g/mol. The van der Waals surface area contributed by atoms with E-state index < -0.39 is 0 Å². The molecule has 0 N–H and O–H groups in total. The van der Waals surface area contributed by atoms with E-state index in [0.717, 1.165) is 23.7 Å². The summed E-state index contributed by atoms with van der Waals surface area (Å²) in [5.74, 6) is 4.10. The van der Waals surface area contributed by atoms with Crippen molar-refractivity contribution in [3.8, 4) is 0 Å². The van der Waals surface area contributed by atoms with Crippen LogP contribution in [0.1, 0.15) is 138 Å². The van der Waals surface area contributed by atoms with Crippen molar-refractivity contribution in [1.82, 2.24) is 0 Å². The highest BCUT2D eigenvalue weighted by atomic mass is 14.2. The van der Waals surface area contributed by atoms with E-state index in [9.17, 15) is 0 Å². The van der Waals surface area contributed by atoms with Crippen molar-refractivity contribution in [2.75, 3.05) is 0 Å². The summed E-state index contributed by atoms with van der Waals surface area (Å²) in [6, 6.07) is 0. The summed E-state index contributed by atoms with van der Waals surface area (Å²) in [5.41, 5.74) is 2.93. The Kier molecular flexibility index (Phi) is 17.8. The third-order valence-corrected chi connectivity index (χ3v) is 7.01. The maximum absolute atomic E-state index is 4.41. The lowest BCUT2D eigenvalue weighted by Gasteiger charge is -2.17. The van der Waals surface area contributed by atoms with E-state index in [1.165, 1.54) is 101 Å². The molecule has 0 aliphatic heterocycles.